The molecular weight excluding hydrogens is 992 g/mol. The highest BCUT2D eigenvalue weighted by Crippen LogP contribution is 2.71. The SMILES string of the molecule is Oc1c(O)c(O)c(-c2c(O)c(O)c(O)c(O)c2-c2c(O)c(O)c3c(-c4c(O)c(O)c(O)c(O)c4O)c4c(O)c(O)c(O)c(O)c4c(-c4c(O)c(O)c5oc6c(O)c(O)c(O)c(O)c6c5c4O)c3c2O)c(O)c1O. The molecule has 0 aliphatic heterocycles. The number of phenolic OH excluding ortho intramolecular Hbond substituents is 28. The molecule has 378 valence electrons. The van der Waals surface area contributed by atoms with E-state index in [0.717, 1.165) is 0 Å². The highest BCUT2D eigenvalue weighted by Gasteiger charge is 2.42. The topological polar surface area (TPSA) is 580 Å². The molecule has 1 heterocycles. The Morgan fingerprint density at radius 3 is 0.658 bits per heavy atom. The van der Waals surface area contributed by atoms with Crippen LogP contribution in [0, 0.1) is 0 Å². The van der Waals surface area contributed by atoms with Crippen molar-refractivity contribution >= 4 is 43.5 Å². The molecule has 29 heteroatoms. The van der Waals surface area contributed by atoms with Gasteiger partial charge in [0, 0.05) is 43.8 Å². The second kappa shape index (κ2) is 14.5. The van der Waals surface area contributed by atoms with E-state index in [4.69, 9.17) is 4.42 Å². The van der Waals surface area contributed by atoms with Gasteiger partial charge < -0.3 is 147 Å². The van der Waals surface area contributed by atoms with Crippen molar-refractivity contribution in [3.63, 3.8) is 0 Å². The van der Waals surface area contributed by atoms with Gasteiger partial charge in [0.25, 0.3) is 0 Å². The number of furan rings is 1. The highest BCUT2D eigenvalue weighted by atomic mass is 16.4. The van der Waals surface area contributed by atoms with Gasteiger partial charge in [-0.3, -0.25) is 0 Å². The largest absolute Gasteiger partial charge is 0.506 e. The molecule has 0 saturated heterocycles. The molecule has 0 saturated carbocycles. The summed E-state index contributed by atoms with van der Waals surface area (Å²) in [6.07, 6.45) is 0. The van der Waals surface area contributed by atoms with Gasteiger partial charge in [0.05, 0.1) is 33.0 Å². The molecule has 1 aromatic heterocycles. The maximum Gasteiger partial charge on any atom is 0.208 e. The quantitative estimate of drug-likeness (QED) is 0.0663. The van der Waals surface area contributed by atoms with Crippen molar-refractivity contribution in [2.75, 3.05) is 0 Å². The lowest BCUT2D eigenvalue weighted by Crippen LogP contribution is -1.98. The zero-order valence-electron chi connectivity index (χ0n) is 34.9. The fourth-order valence-electron chi connectivity index (χ4n) is 8.76. The second-order valence-electron chi connectivity index (χ2n) is 15.8. The molecule has 0 aliphatic rings. The monoisotopic (exact) mass is 1020 g/mol. The maximum absolute atomic E-state index is 12.8. The highest BCUT2D eigenvalue weighted by molar-refractivity contribution is 6.32. The molecule has 0 atom stereocenters. The third-order valence-electron chi connectivity index (χ3n) is 12.1. The molecule has 0 aliphatic carbocycles. The summed E-state index contributed by atoms with van der Waals surface area (Å²) < 4.78 is 5.30. The first kappa shape index (κ1) is 46.6. The van der Waals surface area contributed by atoms with Crippen molar-refractivity contribution in [2.24, 2.45) is 0 Å². The van der Waals surface area contributed by atoms with Crippen molar-refractivity contribution in [1.82, 2.24) is 0 Å². The van der Waals surface area contributed by atoms with E-state index in [0.29, 0.717) is 0 Å². The zero-order chi connectivity index (χ0) is 54.1. The van der Waals surface area contributed by atoms with Crippen molar-refractivity contribution in [3.05, 3.63) is 0 Å². The predicted octanol–water partition coefficient (Wildman–Crippen LogP) is 4.32. The lowest BCUT2D eigenvalue weighted by atomic mass is 9.80. The van der Waals surface area contributed by atoms with Crippen LogP contribution in [-0.2, 0) is 0 Å². The van der Waals surface area contributed by atoms with Crippen LogP contribution in [0.1, 0.15) is 0 Å². The van der Waals surface area contributed by atoms with Gasteiger partial charge >= 0.3 is 0 Å². The van der Waals surface area contributed by atoms with Crippen LogP contribution in [0.2, 0.25) is 0 Å². The lowest BCUT2D eigenvalue weighted by Gasteiger charge is -2.26. The summed E-state index contributed by atoms with van der Waals surface area (Å²) in [5.74, 6) is -49.6. The van der Waals surface area contributed by atoms with Gasteiger partial charge in [-0.2, -0.15) is 0 Å². The molecule has 28 N–H and O–H groups in total. The Morgan fingerprint density at radius 2 is 0.288 bits per heavy atom. The molecule has 0 spiro atoms. The number of phenols is 28. The Hall–Kier alpha value is -11.5. The summed E-state index contributed by atoms with van der Waals surface area (Å²) >= 11 is 0. The second-order valence-corrected chi connectivity index (χ2v) is 15.8. The summed E-state index contributed by atoms with van der Waals surface area (Å²) in [4.78, 5) is 0. The molecule has 29 nitrogen and oxygen atoms in total. The average Bonchev–Trinajstić information content (AvgIpc) is 3.78. The van der Waals surface area contributed by atoms with Crippen LogP contribution in [0.15, 0.2) is 4.42 Å². The van der Waals surface area contributed by atoms with Gasteiger partial charge in [-0.1, -0.05) is 0 Å². The molecule has 9 aromatic rings. The average molecular weight is 1020 g/mol. The van der Waals surface area contributed by atoms with Crippen molar-refractivity contribution in [1.29, 1.82) is 0 Å². The van der Waals surface area contributed by atoms with Crippen LogP contribution in [0.3, 0.4) is 0 Å². The Bertz CT molecular complexity index is 4050. The van der Waals surface area contributed by atoms with Gasteiger partial charge in [-0.05, 0) is 0 Å². The molecule has 0 bridgehead atoms. The van der Waals surface area contributed by atoms with E-state index in [1.807, 2.05) is 0 Å². The van der Waals surface area contributed by atoms with Gasteiger partial charge in [0.15, 0.2) is 80.2 Å². The van der Waals surface area contributed by atoms with Crippen molar-refractivity contribution in [2.45, 2.75) is 0 Å². The molecule has 0 fully saturated rings. The third kappa shape index (κ3) is 5.36. The molecule has 0 radical (unpaired) electrons. The first-order chi connectivity index (χ1) is 34.0. The van der Waals surface area contributed by atoms with Crippen LogP contribution >= 0.6 is 0 Å². The summed E-state index contributed by atoms with van der Waals surface area (Å²) in [6.45, 7) is 0. The van der Waals surface area contributed by atoms with E-state index in [1.165, 1.54) is 0 Å². The normalized spacial score (nSPS) is 11.7. The molecule has 8 aromatic carbocycles. The van der Waals surface area contributed by atoms with Crippen LogP contribution in [0.5, 0.6) is 161 Å². The fourth-order valence-corrected chi connectivity index (χ4v) is 8.76. The van der Waals surface area contributed by atoms with Crippen molar-refractivity contribution in [3.8, 4) is 205 Å². The van der Waals surface area contributed by atoms with Crippen LogP contribution in [0.4, 0.5) is 0 Å². The number of rotatable bonds is 4. The summed E-state index contributed by atoms with van der Waals surface area (Å²) in [7, 11) is 0. The Kier molecular flexibility index (Phi) is 9.25. The Balaban J connectivity index is 1.69. The van der Waals surface area contributed by atoms with E-state index in [1.54, 1.807) is 0 Å². The van der Waals surface area contributed by atoms with E-state index in [9.17, 15) is 143 Å². The number of hydrogen-bond donors (Lipinski definition) is 28. The van der Waals surface area contributed by atoms with Crippen LogP contribution in [-0.4, -0.2) is 143 Å². The zero-order valence-corrected chi connectivity index (χ0v) is 34.9. The maximum atomic E-state index is 12.8. The predicted molar refractivity (Wildman–Crippen MR) is 237 cm³/mol. The molecular formula is C44H28O29. The smallest absolute Gasteiger partial charge is 0.208 e. The summed E-state index contributed by atoms with van der Waals surface area (Å²) in [6, 6.07) is 0. The van der Waals surface area contributed by atoms with E-state index in [2.05, 4.69) is 0 Å². The van der Waals surface area contributed by atoms with Gasteiger partial charge in [-0.15, -0.1) is 0 Å². The first-order valence-electron chi connectivity index (χ1n) is 19.4. The van der Waals surface area contributed by atoms with E-state index in [-0.39, 0.29) is 0 Å². The lowest BCUT2D eigenvalue weighted by molar-refractivity contribution is 0.329. The number of aromatic hydroxyl groups is 28. The standard InChI is InChI=1S/C44H28O29/c45-15-3-1(9-16(46)13-14-28(58)37(67)40(70)42(72)44(14)73-43(13)41(71)27(9)57)5-6(19(49)30(60)29(59)18(5)48)2(10-23(53)33(63)38(68)34(64)24(10)54)4(3)17(47)22(52)11(15)7-8(21(51)32(62)31(61)20(7)50)12-25(55)35(65)39(69)36(66)26(12)56/h45-72H. The Morgan fingerprint density at radius 1 is 0.123 bits per heavy atom. The Labute approximate surface area is 395 Å². The third-order valence-corrected chi connectivity index (χ3v) is 12.1. The number of benzene rings is 8. The molecule has 9 rings (SSSR count). The van der Waals surface area contributed by atoms with Crippen LogP contribution in [0.25, 0.3) is 88.0 Å². The van der Waals surface area contributed by atoms with Crippen molar-refractivity contribution < 1.29 is 147 Å². The summed E-state index contributed by atoms with van der Waals surface area (Å²) in [5, 5.41) is 304. The fraction of sp³-hybridized carbons (Fsp3) is 0. The molecule has 0 amide bonds. The van der Waals surface area contributed by atoms with E-state index < -0.39 is 249 Å². The van der Waals surface area contributed by atoms with Gasteiger partial charge in [-0.25, -0.2) is 0 Å². The first-order valence-corrected chi connectivity index (χ1v) is 19.4. The van der Waals surface area contributed by atoms with Gasteiger partial charge in [0.1, 0.15) is 11.5 Å². The molecule has 0 unspecified atom stereocenters. The minimum absolute atomic E-state index is 1.07. The number of fused-ring (bicyclic) bond motifs is 5. The minimum atomic E-state index is -2.01. The molecule has 73 heavy (non-hydrogen) atoms. The van der Waals surface area contributed by atoms with E-state index >= 15 is 0 Å². The summed E-state index contributed by atoms with van der Waals surface area (Å²) in [5.41, 5.74) is -15.2. The van der Waals surface area contributed by atoms with Crippen LogP contribution < -0.4 is 0 Å². The minimum Gasteiger partial charge on any atom is -0.506 e. The number of hydrogen-bond acceptors (Lipinski definition) is 29. The van der Waals surface area contributed by atoms with Gasteiger partial charge in [0.2, 0.25) is 80.5 Å².